The molecule has 0 aliphatic carbocycles. The topological polar surface area (TPSA) is 70.5 Å². The molecular formula is C30H56N2O2. The molecule has 0 radical (unpaired) electrons. The third-order valence-corrected chi connectivity index (χ3v) is 6.66. The summed E-state index contributed by atoms with van der Waals surface area (Å²) in [5.41, 5.74) is 13.2. The molecule has 0 saturated carbocycles. The third kappa shape index (κ3) is 16.1. The summed E-state index contributed by atoms with van der Waals surface area (Å²) in [5.74, 6) is 1.46. The molecule has 1 aromatic rings. The van der Waals surface area contributed by atoms with E-state index in [1.807, 2.05) is 12.1 Å². The summed E-state index contributed by atoms with van der Waals surface area (Å²) in [5, 5.41) is 0. The van der Waals surface area contributed by atoms with E-state index in [-0.39, 0.29) is 0 Å². The van der Waals surface area contributed by atoms with Crippen molar-refractivity contribution in [2.75, 3.05) is 24.7 Å². The van der Waals surface area contributed by atoms with Crippen LogP contribution < -0.4 is 20.9 Å². The van der Waals surface area contributed by atoms with Crippen LogP contribution in [0.3, 0.4) is 0 Å². The summed E-state index contributed by atoms with van der Waals surface area (Å²) in [6, 6.07) is 3.64. The Bertz CT molecular complexity index is 540. The second kappa shape index (κ2) is 21.9. The number of rotatable bonds is 24. The lowest BCUT2D eigenvalue weighted by Crippen LogP contribution is -2.05. The van der Waals surface area contributed by atoms with Gasteiger partial charge in [0, 0.05) is 12.1 Å². The van der Waals surface area contributed by atoms with Crippen LogP contribution in [-0.4, -0.2) is 13.2 Å². The maximum atomic E-state index is 6.03. The van der Waals surface area contributed by atoms with Gasteiger partial charge in [-0.3, -0.25) is 0 Å². The molecule has 0 aromatic heterocycles. The number of ether oxygens (including phenoxy) is 2. The zero-order valence-electron chi connectivity index (χ0n) is 22.7. The van der Waals surface area contributed by atoms with Crippen LogP contribution in [0.4, 0.5) is 11.4 Å². The molecule has 4 N–H and O–H groups in total. The second-order valence-electron chi connectivity index (χ2n) is 9.99. The molecule has 0 atom stereocenters. The van der Waals surface area contributed by atoms with Crippen molar-refractivity contribution >= 4 is 11.4 Å². The number of nitrogens with two attached hydrogens (primary N) is 2. The maximum absolute atomic E-state index is 6.03. The van der Waals surface area contributed by atoms with E-state index in [2.05, 4.69) is 13.8 Å². The van der Waals surface area contributed by atoms with Gasteiger partial charge in [0.15, 0.2) is 11.5 Å². The van der Waals surface area contributed by atoms with Crippen molar-refractivity contribution in [1.82, 2.24) is 0 Å². The van der Waals surface area contributed by atoms with Crippen LogP contribution in [0.25, 0.3) is 0 Å². The second-order valence-corrected chi connectivity index (χ2v) is 9.99. The van der Waals surface area contributed by atoms with Crippen LogP contribution in [0.1, 0.15) is 142 Å². The smallest absolute Gasteiger partial charge is 0.163 e. The molecule has 0 heterocycles. The van der Waals surface area contributed by atoms with Crippen molar-refractivity contribution in [3.05, 3.63) is 12.1 Å². The fourth-order valence-electron chi connectivity index (χ4n) is 4.36. The first-order valence-electron chi connectivity index (χ1n) is 14.6. The van der Waals surface area contributed by atoms with Gasteiger partial charge < -0.3 is 20.9 Å². The fourth-order valence-corrected chi connectivity index (χ4v) is 4.36. The lowest BCUT2D eigenvalue weighted by molar-refractivity contribution is 0.258. The lowest BCUT2D eigenvalue weighted by atomic mass is 10.1. The average molecular weight is 477 g/mol. The fraction of sp³-hybridized carbons (Fsp3) is 0.800. The van der Waals surface area contributed by atoms with Gasteiger partial charge in [0.05, 0.1) is 24.6 Å². The number of anilines is 2. The monoisotopic (exact) mass is 476 g/mol. The van der Waals surface area contributed by atoms with Crippen LogP contribution in [-0.2, 0) is 0 Å². The van der Waals surface area contributed by atoms with Crippen LogP contribution in [0.5, 0.6) is 11.5 Å². The number of nitrogen functional groups attached to an aromatic ring is 2. The van der Waals surface area contributed by atoms with Crippen molar-refractivity contribution in [3.63, 3.8) is 0 Å². The number of unbranched alkanes of at least 4 members (excludes halogenated alkanes) is 18. The van der Waals surface area contributed by atoms with E-state index in [1.54, 1.807) is 0 Å². The Kier molecular flexibility index (Phi) is 19.6. The number of hydrogen-bond acceptors (Lipinski definition) is 4. The summed E-state index contributed by atoms with van der Waals surface area (Å²) in [4.78, 5) is 0. The Labute approximate surface area is 211 Å². The van der Waals surface area contributed by atoms with Gasteiger partial charge in [0.1, 0.15) is 0 Å². The van der Waals surface area contributed by atoms with Gasteiger partial charge in [0.2, 0.25) is 0 Å². The molecule has 0 amide bonds. The third-order valence-electron chi connectivity index (χ3n) is 6.66. The van der Waals surface area contributed by atoms with E-state index in [0.29, 0.717) is 24.6 Å². The summed E-state index contributed by atoms with van der Waals surface area (Å²) >= 11 is 0. The standard InChI is InChI=1S/C30H56N2O2/c1-3-5-7-9-11-13-15-17-19-21-23-33-29-25-27(31)28(32)26-30(29)34-24-22-20-18-16-14-12-10-8-6-4-2/h25-26H,3-24,31-32H2,1-2H3. The van der Waals surface area contributed by atoms with E-state index in [1.165, 1.54) is 116 Å². The Morgan fingerprint density at radius 1 is 0.441 bits per heavy atom. The summed E-state index contributed by atoms with van der Waals surface area (Å²) < 4.78 is 12.1. The Morgan fingerprint density at radius 3 is 1.00 bits per heavy atom. The van der Waals surface area contributed by atoms with Crippen molar-refractivity contribution in [3.8, 4) is 11.5 Å². The highest BCUT2D eigenvalue weighted by Gasteiger charge is 2.09. The first kappa shape index (κ1) is 30.5. The van der Waals surface area contributed by atoms with E-state index in [0.717, 1.165) is 24.3 Å². The minimum atomic E-state index is 0.560. The zero-order valence-corrected chi connectivity index (χ0v) is 22.7. The normalized spacial score (nSPS) is 11.1. The largest absolute Gasteiger partial charge is 0.490 e. The van der Waals surface area contributed by atoms with Crippen LogP contribution >= 0.6 is 0 Å². The average Bonchev–Trinajstić information content (AvgIpc) is 2.83. The van der Waals surface area contributed by atoms with Gasteiger partial charge >= 0.3 is 0 Å². The Hall–Kier alpha value is -1.58. The molecule has 1 aromatic carbocycles. The van der Waals surface area contributed by atoms with Crippen molar-refractivity contribution < 1.29 is 9.47 Å². The molecule has 4 heteroatoms. The molecule has 0 bridgehead atoms. The highest BCUT2D eigenvalue weighted by molar-refractivity contribution is 5.69. The Balaban J connectivity index is 2.15. The predicted molar refractivity (Wildman–Crippen MR) is 150 cm³/mol. The van der Waals surface area contributed by atoms with Gasteiger partial charge in [0.25, 0.3) is 0 Å². The van der Waals surface area contributed by atoms with Crippen LogP contribution in [0, 0.1) is 0 Å². The number of benzene rings is 1. The highest BCUT2D eigenvalue weighted by atomic mass is 16.5. The van der Waals surface area contributed by atoms with E-state index >= 15 is 0 Å². The SMILES string of the molecule is CCCCCCCCCCCCOc1cc(N)c(N)cc1OCCCCCCCCCCCC. The highest BCUT2D eigenvalue weighted by Crippen LogP contribution is 2.34. The van der Waals surface area contributed by atoms with Gasteiger partial charge in [-0.2, -0.15) is 0 Å². The first-order valence-corrected chi connectivity index (χ1v) is 14.6. The summed E-state index contributed by atoms with van der Waals surface area (Å²) in [6.45, 7) is 5.95. The minimum Gasteiger partial charge on any atom is -0.490 e. The minimum absolute atomic E-state index is 0.560. The molecule has 0 aliphatic rings. The van der Waals surface area contributed by atoms with Crippen molar-refractivity contribution in [2.45, 2.75) is 142 Å². The Morgan fingerprint density at radius 2 is 0.706 bits per heavy atom. The zero-order chi connectivity index (χ0) is 24.7. The van der Waals surface area contributed by atoms with Crippen molar-refractivity contribution in [1.29, 1.82) is 0 Å². The lowest BCUT2D eigenvalue weighted by Gasteiger charge is -2.15. The van der Waals surface area contributed by atoms with Gasteiger partial charge in [-0.25, -0.2) is 0 Å². The van der Waals surface area contributed by atoms with E-state index in [9.17, 15) is 0 Å². The molecule has 0 aliphatic heterocycles. The molecule has 4 nitrogen and oxygen atoms in total. The van der Waals surface area contributed by atoms with Crippen LogP contribution in [0.2, 0.25) is 0 Å². The summed E-state index contributed by atoms with van der Waals surface area (Å²) in [7, 11) is 0. The molecular weight excluding hydrogens is 420 g/mol. The predicted octanol–water partition coefficient (Wildman–Crippen LogP) is 9.45. The molecule has 0 spiro atoms. The molecule has 198 valence electrons. The van der Waals surface area contributed by atoms with E-state index < -0.39 is 0 Å². The van der Waals surface area contributed by atoms with Gasteiger partial charge in [-0.05, 0) is 12.8 Å². The quantitative estimate of drug-likeness (QED) is 0.115. The maximum Gasteiger partial charge on any atom is 0.163 e. The summed E-state index contributed by atoms with van der Waals surface area (Å²) in [6.07, 6.45) is 26.4. The van der Waals surface area contributed by atoms with Crippen molar-refractivity contribution in [2.24, 2.45) is 0 Å². The number of hydrogen-bond donors (Lipinski definition) is 2. The first-order chi connectivity index (χ1) is 16.7. The van der Waals surface area contributed by atoms with E-state index in [4.69, 9.17) is 20.9 Å². The van der Waals surface area contributed by atoms with Gasteiger partial charge in [-0.15, -0.1) is 0 Å². The van der Waals surface area contributed by atoms with Crippen LogP contribution in [0.15, 0.2) is 12.1 Å². The molecule has 0 unspecified atom stereocenters. The molecule has 0 saturated heterocycles. The van der Waals surface area contributed by atoms with Gasteiger partial charge in [-0.1, -0.05) is 129 Å². The molecule has 0 fully saturated rings. The molecule has 1 rings (SSSR count). The molecule has 34 heavy (non-hydrogen) atoms.